The van der Waals surface area contributed by atoms with Crippen LogP contribution in [0.25, 0.3) is 0 Å². The van der Waals surface area contributed by atoms with Crippen molar-refractivity contribution in [1.29, 1.82) is 0 Å². The minimum absolute atomic E-state index is 0.0829. The van der Waals surface area contributed by atoms with Crippen LogP contribution in [0.15, 0.2) is 36.4 Å². The van der Waals surface area contributed by atoms with Crippen molar-refractivity contribution in [3.63, 3.8) is 0 Å². The van der Waals surface area contributed by atoms with Crippen LogP contribution in [0.2, 0.25) is 0 Å². The zero-order valence-corrected chi connectivity index (χ0v) is 34.3. The van der Waals surface area contributed by atoms with E-state index >= 15 is 0 Å². The van der Waals surface area contributed by atoms with E-state index in [0.717, 1.165) is 61.0 Å². The van der Waals surface area contributed by atoms with Crippen molar-refractivity contribution in [2.24, 2.45) is 51.2 Å². The van der Waals surface area contributed by atoms with Gasteiger partial charge in [-0.1, -0.05) is 71.1 Å². The maximum Gasteiger partial charge on any atom is 0.313 e. The molecular weight excluding hydrogens is 645 g/mol. The van der Waals surface area contributed by atoms with Gasteiger partial charge >= 0.3 is 5.97 Å². The number of rotatable bonds is 12. The standard InChI is InChI=1S/C26H44O.C16H22N2O3.C4H8/c1-19(2)8-5-13-24(3)14-7-15-25(4)21-12-17-26(18-27)16-6-9-22(26)20(21)10-11-23(24)25;1-17-9-6-12-4-3-5-13(10-12)14(19)18-11-16(7-8-16)15(20)21-2;1-4(2)3/h18-23H,5-17H2,1-4H3;3-5,10,17H,6-9,11H2,1-2H3,(H,18,19);1H2,2-3H3. The second-order valence-corrected chi connectivity index (χ2v) is 18.8. The molecule has 0 heterocycles. The summed E-state index contributed by atoms with van der Waals surface area (Å²) in [6, 6.07) is 7.57. The number of hydrogen-bond donors (Lipinski definition) is 2. The predicted octanol–water partition coefficient (Wildman–Crippen LogP) is 10.1. The summed E-state index contributed by atoms with van der Waals surface area (Å²) in [6.07, 6.45) is 21.7. The molecule has 5 aliphatic rings. The molecule has 292 valence electrons. The Morgan fingerprint density at radius 1 is 0.981 bits per heavy atom. The van der Waals surface area contributed by atoms with Crippen LogP contribution in [-0.4, -0.2) is 45.4 Å². The molecule has 5 fully saturated rings. The lowest BCUT2D eigenvalue weighted by Gasteiger charge is -2.64. The first-order chi connectivity index (χ1) is 24.7. The second-order valence-electron chi connectivity index (χ2n) is 18.8. The Morgan fingerprint density at radius 2 is 1.71 bits per heavy atom. The summed E-state index contributed by atoms with van der Waals surface area (Å²) in [7, 11) is 3.29. The molecule has 1 aromatic rings. The molecule has 7 unspecified atom stereocenters. The molecule has 2 N–H and O–H groups in total. The third kappa shape index (κ3) is 9.79. The number of carbonyl (C=O) groups excluding carboxylic acids is 3. The van der Waals surface area contributed by atoms with Crippen molar-refractivity contribution in [3.8, 4) is 0 Å². The number of ether oxygens (including phenoxy) is 1. The second kappa shape index (κ2) is 18.2. The maximum absolute atomic E-state index is 12.2. The van der Waals surface area contributed by atoms with Crippen molar-refractivity contribution in [2.45, 2.75) is 144 Å². The highest BCUT2D eigenvalue weighted by molar-refractivity contribution is 5.95. The molecule has 5 saturated carbocycles. The van der Waals surface area contributed by atoms with Crippen LogP contribution in [0.5, 0.6) is 0 Å². The average Bonchev–Trinajstić information content (AvgIpc) is 3.78. The monoisotopic (exact) mass is 719 g/mol. The van der Waals surface area contributed by atoms with E-state index in [-0.39, 0.29) is 17.3 Å². The minimum atomic E-state index is -0.492. The van der Waals surface area contributed by atoms with Crippen LogP contribution >= 0.6 is 0 Å². The number of methoxy groups -OCH3 is 1. The highest BCUT2D eigenvalue weighted by Crippen LogP contribution is 2.69. The summed E-state index contributed by atoms with van der Waals surface area (Å²) in [5, 5.41) is 5.93. The Morgan fingerprint density at radius 3 is 2.35 bits per heavy atom. The van der Waals surface area contributed by atoms with Gasteiger partial charge in [-0.25, -0.2) is 0 Å². The van der Waals surface area contributed by atoms with Gasteiger partial charge in [-0.3, -0.25) is 9.59 Å². The van der Waals surface area contributed by atoms with Crippen molar-refractivity contribution < 1.29 is 19.1 Å². The van der Waals surface area contributed by atoms with E-state index in [4.69, 9.17) is 4.74 Å². The quantitative estimate of drug-likeness (QED) is 0.128. The first-order valence-electron chi connectivity index (χ1n) is 20.9. The third-order valence-electron chi connectivity index (χ3n) is 14.3. The molecule has 0 aliphatic heterocycles. The molecular formula is C46H74N2O4. The molecule has 0 saturated heterocycles. The van der Waals surface area contributed by atoms with E-state index in [1.54, 1.807) is 6.07 Å². The normalized spacial score (nSPS) is 32.3. The molecule has 0 radical (unpaired) electrons. The Labute approximate surface area is 317 Å². The molecule has 0 bridgehead atoms. The number of hydrogen-bond acceptors (Lipinski definition) is 5. The van der Waals surface area contributed by atoms with Gasteiger partial charge in [-0.05, 0) is 163 Å². The summed E-state index contributed by atoms with van der Waals surface area (Å²) >= 11 is 0. The predicted molar refractivity (Wildman–Crippen MR) is 214 cm³/mol. The fourth-order valence-corrected chi connectivity index (χ4v) is 11.4. The topological polar surface area (TPSA) is 84.5 Å². The van der Waals surface area contributed by atoms with E-state index in [9.17, 15) is 14.4 Å². The van der Waals surface area contributed by atoms with Crippen LogP contribution in [-0.2, 0) is 20.7 Å². The van der Waals surface area contributed by atoms with Gasteiger partial charge in [0, 0.05) is 17.5 Å². The summed E-state index contributed by atoms with van der Waals surface area (Å²) in [5.74, 6) is 3.87. The van der Waals surface area contributed by atoms with Crippen LogP contribution in [0.3, 0.4) is 0 Å². The van der Waals surface area contributed by atoms with Gasteiger partial charge in [0.2, 0.25) is 0 Å². The number of esters is 1. The first-order valence-corrected chi connectivity index (χ1v) is 20.9. The van der Waals surface area contributed by atoms with E-state index in [1.165, 1.54) is 102 Å². The highest BCUT2D eigenvalue weighted by atomic mass is 16.5. The van der Waals surface area contributed by atoms with Gasteiger partial charge in [-0.15, -0.1) is 6.58 Å². The van der Waals surface area contributed by atoms with Crippen LogP contribution in [0.1, 0.15) is 154 Å². The third-order valence-corrected chi connectivity index (χ3v) is 14.3. The number of amides is 1. The van der Waals surface area contributed by atoms with Crippen molar-refractivity contribution in [3.05, 3.63) is 47.5 Å². The lowest BCUT2D eigenvalue weighted by atomic mass is 9.41. The Balaban J connectivity index is 0.000000217. The molecule has 6 nitrogen and oxygen atoms in total. The van der Waals surface area contributed by atoms with Crippen molar-refractivity contribution in [2.75, 3.05) is 27.2 Å². The molecule has 1 aromatic carbocycles. The SMILES string of the molecule is C=C(C)C.CC(C)CCCC1(C)CCCC2(C)C3CCC4(C=O)CCCC4C3CCC12.CNCCc1cccc(C(=O)NCC2(C(=O)OC)CC2)c1. The van der Waals surface area contributed by atoms with Gasteiger partial charge < -0.3 is 20.2 Å². The molecule has 52 heavy (non-hydrogen) atoms. The smallest absolute Gasteiger partial charge is 0.313 e. The first kappa shape index (κ1) is 42.3. The van der Waals surface area contributed by atoms with E-state index in [1.807, 2.05) is 39.1 Å². The average molecular weight is 719 g/mol. The van der Waals surface area contributed by atoms with E-state index in [2.05, 4.69) is 44.9 Å². The van der Waals surface area contributed by atoms with Gasteiger partial charge in [0.05, 0.1) is 12.5 Å². The lowest BCUT2D eigenvalue weighted by molar-refractivity contribution is -0.154. The Bertz CT molecular complexity index is 1360. The number of likely N-dealkylation sites (N-methyl/N-ethyl adjacent to an activating group) is 1. The maximum atomic E-state index is 12.2. The number of carbonyl (C=O) groups is 3. The van der Waals surface area contributed by atoms with Crippen LogP contribution in [0, 0.1) is 51.2 Å². The number of fused-ring (bicyclic) bond motifs is 5. The van der Waals surface area contributed by atoms with Gasteiger partial charge in [-0.2, -0.15) is 0 Å². The minimum Gasteiger partial charge on any atom is -0.469 e. The fraction of sp³-hybridized carbons (Fsp3) is 0.761. The Hall–Kier alpha value is -2.47. The number of benzene rings is 1. The van der Waals surface area contributed by atoms with Crippen LogP contribution < -0.4 is 10.6 Å². The largest absolute Gasteiger partial charge is 0.469 e. The summed E-state index contributed by atoms with van der Waals surface area (Å²) in [5.41, 5.74) is 3.62. The molecule has 5 aliphatic carbocycles. The lowest BCUT2D eigenvalue weighted by Crippen LogP contribution is -2.56. The van der Waals surface area contributed by atoms with E-state index in [0.29, 0.717) is 22.9 Å². The Kier molecular flexibility index (Phi) is 14.8. The van der Waals surface area contributed by atoms with Gasteiger partial charge in [0.25, 0.3) is 5.91 Å². The van der Waals surface area contributed by atoms with Crippen molar-refractivity contribution >= 4 is 18.2 Å². The number of allylic oxidation sites excluding steroid dienone is 1. The van der Waals surface area contributed by atoms with Crippen LogP contribution in [0.4, 0.5) is 0 Å². The molecule has 0 aromatic heterocycles. The van der Waals surface area contributed by atoms with E-state index < -0.39 is 5.41 Å². The zero-order chi connectivity index (χ0) is 38.2. The molecule has 7 atom stereocenters. The molecule has 6 heteroatoms. The molecule has 6 rings (SSSR count). The molecule has 1 amide bonds. The summed E-state index contributed by atoms with van der Waals surface area (Å²) in [4.78, 5) is 35.9. The van der Waals surface area contributed by atoms with Crippen molar-refractivity contribution in [1.82, 2.24) is 10.6 Å². The zero-order valence-electron chi connectivity index (χ0n) is 34.3. The number of aldehydes is 1. The fourth-order valence-electron chi connectivity index (χ4n) is 11.4. The highest BCUT2D eigenvalue weighted by Gasteiger charge is 2.61. The summed E-state index contributed by atoms with van der Waals surface area (Å²) in [6.45, 7) is 18.8. The summed E-state index contributed by atoms with van der Waals surface area (Å²) < 4.78 is 4.78. The molecule has 0 spiro atoms. The van der Waals surface area contributed by atoms with Gasteiger partial charge in [0.15, 0.2) is 0 Å². The van der Waals surface area contributed by atoms with Gasteiger partial charge in [0.1, 0.15) is 6.29 Å². The number of nitrogens with one attached hydrogen (secondary N) is 2.